The first kappa shape index (κ1) is 16.5. The zero-order valence-corrected chi connectivity index (χ0v) is 13.4. The Balaban J connectivity index is 1.94. The Bertz CT molecular complexity index is 574. The normalized spacial score (nSPS) is 16.9. The molecule has 0 amide bonds. The Labute approximate surface area is 130 Å². The number of ether oxygens (including phenoxy) is 2. The summed E-state index contributed by atoms with van der Waals surface area (Å²) in [4.78, 5) is 2.22. The predicted molar refractivity (Wildman–Crippen MR) is 80.5 cm³/mol. The number of benzene rings is 1. The minimum Gasteiger partial charge on any atom is -0.497 e. The first-order chi connectivity index (χ1) is 10.0. The lowest BCUT2D eigenvalue weighted by Gasteiger charge is -2.26. The van der Waals surface area contributed by atoms with Crippen molar-refractivity contribution >= 4 is 21.6 Å². The van der Waals surface area contributed by atoms with Crippen LogP contribution in [-0.4, -0.2) is 59.8 Å². The summed E-state index contributed by atoms with van der Waals surface area (Å²) in [5, 5.41) is 0.147. The van der Waals surface area contributed by atoms with Crippen molar-refractivity contribution in [3.63, 3.8) is 0 Å². The van der Waals surface area contributed by atoms with Gasteiger partial charge in [0, 0.05) is 32.2 Å². The lowest BCUT2D eigenvalue weighted by Crippen LogP contribution is -2.41. The SMILES string of the molecule is COc1ccc(S(=O)(=O)NCCN2CCOCC2)c(Cl)c1. The molecule has 6 nitrogen and oxygen atoms in total. The van der Waals surface area contributed by atoms with Crippen LogP contribution in [0.5, 0.6) is 5.75 Å². The van der Waals surface area contributed by atoms with Crippen LogP contribution in [0.25, 0.3) is 0 Å². The summed E-state index contributed by atoms with van der Waals surface area (Å²) in [7, 11) is -2.11. The largest absolute Gasteiger partial charge is 0.497 e. The van der Waals surface area contributed by atoms with Crippen molar-refractivity contribution in [1.29, 1.82) is 0 Å². The molecule has 0 radical (unpaired) electrons. The maximum Gasteiger partial charge on any atom is 0.242 e. The monoisotopic (exact) mass is 334 g/mol. The van der Waals surface area contributed by atoms with Gasteiger partial charge in [-0.3, -0.25) is 4.90 Å². The highest BCUT2D eigenvalue weighted by atomic mass is 35.5. The van der Waals surface area contributed by atoms with Gasteiger partial charge in [0.1, 0.15) is 10.6 Å². The first-order valence-electron chi connectivity index (χ1n) is 6.66. The maximum atomic E-state index is 12.2. The van der Waals surface area contributed by atoms with E-state index in [9.17, 15) is 8.42 Å². The molecule has 1 aliphatic rings. The van der Waals surface area contributed by atoms with Crippen LogP contribution in [0.15, 0.2) is 23.1 Å². The molecule has 2 rings (SSSR count). The van der Waals surface area contributed by atoms with Crippen molar-refractivity contribution in [3.8, 4) is 5.75 Å². The molecular weight excluding hydrogens is 316 g/mol. The van der Waals surface area contributed by atoms with Gasteiger partial charge >= 0.3 is 0 Å². The average molecular weight is 335 g/mol. The van der Waals surface area contributed by atoms with Gasteiger partial charge in [0.05, 0.1) is 25.3 Å². The molecule has 8 heteroatoms. The molecule has 1 heterocycles. The maximum absolute atomic E-state index is 12.2. The summed E-state index contributed by atoms with van der Waals surface area (Å²) >= 11 is 5.99. The van der Waals surface area contributed by atoms with Gasteiger partial charge < -0.3 is 9.47 Å². The number of nitrogens with one attached hydrogen (secondary N) is 1. The molecule has 1 fully saturated rings. The van der Waals surface area contributed by atoms with Crippen molar-refractivity contribution in [3.05, 3.63) is 23.2 Å². The Kier molecular flexibility index (Phi) is 5.83. The van der Waals surface area contributed by atoms with Crippen molar-refractivity contribution in [2.75, 3.05) is 46.5 Å². The van der Waals surface area contributed by atoms with Gasteiger partial charge in [-0.25, -0.2) is 13.1 Å². The van der Waals surface area contributed by atoms with Gasteiger partial charge in [-0.2, -0.15) is 0 Å². The van der Waals surface area contributed by atoms with Crippen molar-refractivity contribution in [1.82, 2.24) is 9.62 Å². The molecule has 0 aliphatic carbocycles. The van der Waals surface area contributed by atoms with Gasteiger partial charge in [-0.1, -0.05) is 11.6 Å². The zero-order chi connectivity index (χ0) is 15.3. The first-order valence-corrected chi connectivity index (χ1v) is 8.52. The molecule has 0 bridgehead atoms. The lowest BCUT2D eigenvalue weighted by atomic mass is 10.3. The molecule has 118 valence electrons. The van der Waals surface area contributed by atoms with Crippen molar-refractivity contribution in [2.45, 2.75) is 4.90 Å². The van der Waals surface area contributed by atoms with E-state index in [2.05, 4.69) is 9.62 Å². The molecule has 0 atom stereocenters. The third-order valence-corrected chi connectivity index (χ3v) is 5.20. The Hall–Kier alpha value is -0.860. The molecule has 1 aliphatic heterocycles. The lowest BCUT2D eigenvalue weighted by molar-refractivity contribution is 0.0390. The topological polar surface area (TPSA) is 67.9 Å². The highest BCUT2D eigenvalue weighted by Gasteiger charge is 2.19. The van der Waals surface area contributed by atoms with E-state index in [1.807, 2.05) is 0 Å². The van der Waals surface area contributed by atoms with E-state index < -0.39 is 10.0 Å². The second-order valence-electron chi connectivity index (χ2n) is 4.65. The molecule has 21 heavy (non-hydrogen) atoms. The van der Waals surface area contributed by atoms with E-state index in [0.29, 0.717) is 32.1 Å². The molecule has 1 N–H and O–H groups in total. The van der Waals surface area contributed by atoms with Crippen LogP contribution >= 0.6 is 11.6 Å². The van der Waals surface area contributed by atoms with Gasteiger partial charge in [-0.05, 0) is 12.1 Å². The fourth-order valence-electron chi connectivity index (χ4n) is 2.07. The molecule has 1 aromatic rings. The third kappa shape index (κ3) is 4.55. The standard InChI is InChI=1S/C13H19ClN2O4S/c1-19-11-2-3-13(12(14)10-11)21(17,18)15-4-5-16-6-8-20-9-7-16/h2-3,10,15H,4-9H2,1H3. The number of hydrogen-bond acceptors (Lipinski definition) is 5. The number of sulfonamides is 1. The second-order valence-corrected chi connectivity index (χ2v) is 6.79. The van der Waals surface area contributed by atoms with E-state index >= 15 is 0 Å². The number of morpholine rings is 1. The summed E-state index contributed by atoms with van der Waals surface area (Å²) in [5.74, 6) is 0.521. The average Bonchev–Trinajstić information content (AvgIpc) is 2.47. The summed E-state index contributed by atoms with van der Waals surface area (Å²) < 4.78 is 37.2. The van der Waals surface area contributed by atoms with Crippen LogP contribution in [0, 0.1) is 0 Å². The summed E-state index contributed by atoms with van der Waals surface area (Å²) in [6.07, 6.45) is 0. The third-order valence-electron chi connectivity index (χ3n) is 3.25. The van der Waals surface area contributed by atoms with Crippen LogP contribution in [0.4, 0.5) is 0 Å². The minimum absolute atomic E-state index is 0.0620. The number of halogens is 1. The highest BCUT2D eigenvalue weighted by Crippen LogP contribution is 2.25. The highest BCUT2D eigenvalue weighted by molar-refractivity contribution is 7.89. The second kappa shape index (κ2) is 7.42. The van der Waals surface area contributed by atoms with Crippen molar-refractivity contribution in [2.24, 2.45) is 0 Å². The number of rotatable bonds is 6. The van der Waals surface area contributed by atoms with Gasteiger partial charge in [0.2, 0.25) is 10.0 Å². The molecule has 1 aromatic carbocycles. The van der Waals surface area contributed by atoms with Crippen LogP contribution in [0.1, 0.15) is 0 Å². The molecule has 1 saturated heterocycles. The predicted octanol–water partition coefficient (Wildman–Crippen LogP) is 0.959. The Morgan fingerprint density at radius 2 is 2.10 bits per heavy atom. The van der Waals surface area contributed by atoms with Crippen LogP contribution in [-0.2, 0) is 14.8 Å². The van der Waals surface area contributed by atoms with Crippen LogP contribution < -0.4 is 9.46 Å². The van der Waals surface area contributed by atoms with Crippen LogP contribution in [0.2, 0.25) is 5.02 Å². The zero-order valence-electron chi connectivity index (χ0n) is 11.8. The van der Waals surface area contributed by atoms with E-state index in [1.165, 1.54) is 19.2 Å². The van der Waals surface area contributed by atoms with E-state index in [4.69, 9.17) is 21.1 Å². The van der Waals surface area contributed by atoms with E-state index in [1.54, 1.807) is 6.07 Å². The van der Waals surface area contributed by atoms with Crippen LogP contribution in [0.3, 0.4) is 0 Å². The molecule has 0 saturated carbocycles. The summed E-state index contributed by atoms with van der Waals surface area (Å²) in [6, 6.07) is 4.50. The molecule has 0 spiro atoms. The fraction of sp³-hybridized carbons (Fsp3) is 0.538. The molecular formula is C13H19ClN2O4S. The minimum atomic E-state index is -3.61. The quantitative estimate of drug-likeness (QED) is 0.839. The Morgan fingerprint density at radius 1 is 1.38 bits per heavy atom. The number of nitrogens with zero attached hydrogens (tertiary/aromatic N) is 1. The fourth-order valence-corrected chi connectivity index (χ4v) is 3.62. The van der Waals surface area contributed by atoms with E-state index in [0.717, 1.165) is 13.1 Å². The number of hydrogen-bond donors (Lipinski definition) is 1. The van der Waals surface area contributed by atoms with Gasteiger partial charge in [-0.15, -0.1) is 0 Å². The Morgan fingerprint density at radius 3 is 2.71 bits per heavy atom. The summed E-state index contributed by atoms with van der Waals surface area (Å²) in [5.41, 5.74) is 0. The van der Waals surface area contributed by atoms with Gasteiger partial charge in [0.15, 0.2) is 0 Å². The molecule has 0 aromatic heterocycles. The smallest absolute Gasteiger partial charge is 0.242 e. The molecule has 0 unspecified atom stereocenters. The van der Waals surface area contributed by atoms with E-state index in [-0.39, 0.29) is 9.92 Å². The number of methoxy groups -OCH3 is 1. The summed E-state index contributed by atoms with van der Waals surface area (Å²) in [6.45, 7) is 4.02. The van der Waals surface area contributed by atoms with Crippen molar-refractivity contribution < 1.29 is 17.9 Å². The van der Waals surface area contributed by atoms with Gasteiger partial charge in [0.25, 0.3) is 0 Å².